The lowest BCUT2D eigenvalue weighted by Gasteiger charge is -2.33. The van der Waals surface area contributed by atoms with Crippen LogP contribution in [0.5, 0.6) is 0 Å². The molecule has 0 aliphatic rings. The zero-order chi connectivity index (χ0) is 26.6. The van der Waals surface area contributed by atoms with Gasteiger partial charge in [0.05, 0.1) is 6.61 Å². The van der Waals surface area contributed by atoms with Crippen LogP contribution in [0.3, 0.4) is 0 Å². The van der Waals surface area contributed by atoms with Crippen LogP contribution in [0.2, 0.25) is 0 Å². The Morgan fingerprint density at radius 3 is 2.03 bits per heavy atom. The summed E-state index contributed by atoms with van der Waals surface area (Å²) in [6.45, 7) is 3.04. The minimum Gasteiger partial charge on any atom is -0.413 e. The molecule has 1 unspecified atom stereocenters. The van der Waals surface area contributed by atoms with Crippen LogP contribution >= 0.6 is 0 Å². The van der Waals surface area contributed by atoms with Gasteiger partial charge in [-0.25, -0.2) is 4.79 Å². The lowest BCUT2D eigenvalue weighted by Crippen LogP contribution is -2.58. The standard InChI is InChI=1S/C19H19F7O7S/c1-3-15(28)33-17(18(22,23)24,14(27)11-13-7-5-12(2)6-8-13)32-10-4-9-16(20,21)19(25,26)34(29,30)31/h3,5-8H,1,4,9-11H2,2H3,(H,29,30,31). The number of hydrogen-bond acceptors (Lipinski definition) is 6. The highest BCUT2D eigenvalue weighted by Gasteiger charge is 2.66. The van der Waals surface area contributed by atoms with Crippen LogP contribution < -0.4 is 0 Å². The van der Waals surface area contributed by atoms with E-state index in [2.05, 4.69) is 16.1 Å². The number of hydrogen-bond donors (Lipinski definition) is 1. The van der Waals surface area contributed by atoms with Crippen LogP contribution in [-0.4, -0.2) is 54.5 Å². The second-order valence-corrected chi connectivity index (χ2v) is 8.44. The summed E-state index contributed by atoms with van der Waals surface area (Å²) in [5.74, 6) is -13.3. The van der Waals surface area contributed by atoms with E-state index in [1.54, 1.807) is 6.92 Å². The Hall–Kier alpha value is -2.52. The Bertz CT molecular complexity index is 1000. The van der Waals surface area contributed by atoms with Crippen LogP contribution in [0.25, 0.3) is 0 Å². The van der Waals surface area contributed by atoms with E-state index in [-0.39, 0.29) is 11.6 Å². The third-order valence-electron chi connectivity index (χ3n) is 4.33. The number of rotatable bonds is 12. The molecule has 0 saturated heterocycles. The average molecular weight is 524 g/mol. The molecule has 0 spiro atoms. The van der Waals surface area contributed by atoms with E-state index in [4.69, 9.17) is 4.55 Å². The molecule has 34 heavy (non-hydrogen) atoms. The van der Waals surface area contributed by atoms with E-state index < -0.39 is 70.9 Å². The molecule has 1 N–H and O–H groups in total. The molecule has 1 aromatic rings. The molecule has 0 radical (unpaired) electrons. The van der Waals surface area contributed by atoms with E-state index >= 15 is 0 Å². The van der Waals surface area contributed by atoms with Gasteiger partial charge in [0.25, 0.3) is 0 Å². The molecule has 1 aromatic carbocycles. The number of aryl methyl sites for hydroxylation is 1. The van der Waals surface area contributed by atoms with Gasteiger partial charge in [-0.3, -0.25) is 9.35 Å². The summed E-state index contributed by atoms with van der Waals surface area (Å²) in [5, 5.41) is -5.95. The number of benzene rings is 1. The fourth-order valence-corrected chi connectivity index (χ4v) is 2.98. The minimum atomic E-state index is -6.56. The predicted octanol–water partition coefficient (Wildman–Crippen LogP) is 4.01. The van der Waals surface area contributed by atoms with Crippen LogP contribution in [0.15, 0.2) is 36.9 Å². The first-order valence-electron chi connectivity index (χ1n) is 9.18. The highest BCUT2D eigenvalue weighted by Crippen LogP contribution is 2.42. The van der Waals surface area contributed by atoms with Crippen molar-refractivity contribution in [2.24, 2.45) is 0 Å². The number of alkyl halides is 7. The van der Waals surface area contributed by atoms with E-state index in [1.165, 1.54) is 24.3 Å². The van der Waals surface area contributed by atoms with Gasteiger partial charge in [0.1, 0.15) is 0 Å². The Morgan fingerprint density at radius 2 is 1.59 bits per heavy atom. The molecule has 0 aliphatic heterocycles. The SMILES string of the molecule is C=CC(=O)OC(OCCCC(F)(F)C(F)(F)S(=O)(=O)O)(C(=O)Cc1ccc(C)cc1)C(F)(F)F. The molecule has 0 saturated carbocycles. The number of ether oxygens (including phenoxy) is 2. The van der Waals surface area contributed by atoms with Gasteiger partial charge in [-0.15, -0.1) is 0 Å². The molecule has 1 rings (SSSR count). The molecule has 7 nitrogen and oxygen atoms in total. The van der Waals surface area contributed by atoms with Crippen LogP contribution in [0, 0.1) is 6.92 Å². The van der Waals surface area contributed by atoms with Crippen molar-refractivity contribution in [3.8, 4) is 0 Å². The van der Waals surface area contributed by atoms with Crippen molar-refractivity contribution in [2.75, 3.05) is 6.61 Å². The summed E-state index contributed by atoms with van der Waals surface area (Å²) >= 11 is 0. The second-order valence-electron chi connectivity index (χ2n) is 6.97. The first kappa shape index (κ1) is 29.5. The van der Waals surface area contributed by atoms with E-state index in [0.29, 0.717) is 5.56 Å². The fourth-order valence-electron chi connectivity index (χ4n) is 2.50. The predicted molar refractivity (Wildman–Crippen MR) is 102 cm³/mol. The first-order chi connectivity index (χ1) is 15.3. The van der Waals surface area contributed by atoms with Gasteiger partial charge >= 0.3 is 39.2 Å². The summed E-state index contributed by atoms with van der Waals surface area (Å²) < 4.78 is 133. The van der Waals surface area contributed by atoms with Crippen LogP contribution in [-0.2, 0) is 35.6 Å². The molecule has 15 heteroatoms. The lowest BCUT2D eigenvalue weighted by atomic mass is 10.0. The van der Waals surface area contributed by atoms with Crippen molar-refractivity contribution in [1.82, 2.24) is 0 Å². The van der Waals surface area contributed by atoms with E-state index in [1.807, 2.05) is 0 Å². The fraction of sp³-hybridized carbons (Fsp3) is 0.474. The maximum atomic E-state index is 13.9. The summed E-state index contributed by atoms with van der Waals surface area (Å²) in [4.78, 5) is 24.1. The number of ketones is 1. The highest BCUT2D eigenvalue weighted by atomic mass is 32.2. The third-order valence-corrected chi connectivity index (χ3v) is 5.27. The average Bonchev–Trinajstić information content (AvgIpc) is 2.69. The van der Waals surface area contributed by atoms with Gasteiger partial charge in [-0.1, -0.05) is 36.4 Å². The largest absolute Gasteiger partial charge is 0.464 e. The van der Waals surface area contributed by atoms with Gasteiger partial charge < -0.3 is 9.47 Å². The summed E-state index contributed by atoms with van der Waals surface area (Å²) in [6, 6.07) is 5.52. The maximum Gasteiger partial charge on any atom is 0.464 e. The first-order valence-corrected chi connectivity index (χ1v) is 10.6. The van der Waals surface area contributed by atoms with Gasteiger partial charge in [0.2, 0.25) is 5.78 Å². The normalized spacial score (nSPS) is 14.9. The van der Waals surface area contributed by atoms with Crippen molar-refractivity contribution in [1.29, 1.82) is 0 Å². The Balaban J connectivity index is 3.18. The van der Waals surface area contributed by atoms with Crippen molar-refractivity contribution >= 4 is 21.9 Å². The number of esters is 1. The molecule has 0 amide bonds. The zero-order valence-corrected chi connectivity index (χ0v) is 18.2. The van der Waals surface area contributed by atoms with Crippen molar-refractivity contribution in [2.45, 2.75) is 49.3 Å². The summed E-state index contributed by atoms with van der Waals surface area (Å²) in [6.07, 6.45) is -9.89. The Kier molecular flexibility index (Phi) is 9.02. The quantitative estimate of drug-likeness (QED) is 0.110. The van der Waals surface area contributed by atoms with Crippen molar-refractivity contribution in [3.05, 3.63) is 48.0 Å². The lowest BCUT2D eigenvalue weighted by molar-refractivity contribution is -0.346. The molecule has 0 bridgehead atoms. The van der Waals surface area contributed by atoms with Gasteiger partial charge in [0.15, 0.2) is 0 Å². The molecule has 192 valence electrons. The molecular formula is C19H19F7O7S. The molecule has 0 heterocycles. The Morgan fingerprint density at radius 1 is 1.06 bits per heavy atom. The second kappa shape index (κ2) is 10.4. The molecule has 0 aliphatic carbocycles. The monoisotopic (exact) mass is 524 g/mol. The molecular weight excluding hydrogens is 505 g/mol. The highest BCUT2D eigenvalue weighted by molar-refractivity contribution is 7.87. The van der Waals surface area contributed by atoms with Gasteiger partial charge in [0, 0.05) is 18.9 Å². The number of carbonyl (C=O) groups is 2. The third kappa shape index (κ3) is 6.54. The number of halogens is 7. The topological polar surface area (TPSA) is 107 Å². The Labute approximate surface area is 189 Å². The summed E-state index contributed by atoms with van der Waals surface area (Å²) in [7, 11) is -6.56. The molecule has 1 atom stereocenters. The van der Waals surface area contributed by atoms with Crippen molar-refractivity contribution in [3.63, 3.8) is 0 Å². The van der Waals surface area contributed by atoms with Gasteiger partial charge in [-0.05, 0) is 18.9 Å². The maximum absolute atomic E-state index is 13.9. The molecule has 0 fully saturated rings. The van der Waals surface area contributed by atoms with Gasteiger partial charge in [-0.2, -0.15) is 39.2 Å². The minimum absolute atomic E-state index is 0.0433. The van der Waals surface area contributed by atoms with Crippen LogP contribution in [0.1, 0.15) is 24.0 Å². The van der Waals surface area contributed by atoms with Crippen LogP contribution in [0.4, 0.5) is 30.7 Å². The zero-order valence-electron chi connectivity index (χ0n) is 17.4. The number of Topliss-reactive ketones (excluding diaryl/α,β-unsaturated/α-hetero) is 1. The molecule has 0 aromatic heterocycles. The number of carbonyl (C=O) groups excluding carboxylic acids is 2. The van der Waals surface area contributed by atoms with Crippen molar-refractivity contribution < 1.29 is 62.8 Å². The smallest absolute Gasteiger partial charge is 0.413 e. The van der Waals surface area contributed by atoms with E-state index in [9.17, 15) is 48.7 Å². The van der Waals surface area contributed by atoms with E-state index in [0.717, 1.165) is 0 Å². The summed E-state index contributed by atoms with van der Waals surface area (Å²) in [5.41, 5.74) is 0.747.